The molecule has 0 fully saturated rings. The third kappa shape index (κ3) is 3.83. The van der Waals surface area contributed by atoms with Crippen molar-refractivity contribution in [2.24, 2.45) is 0 Å². The Balaban J connectivity index is 2.87. The van der Waals surface area contributed by atoms with Crippen LogP contribution in [0.15, 0.2) is 18.3 Å². The van der Waals surface area contributed by atoms with E-state index in [0.29, 0.717) is 5.82 Å². The number of pyridine rings is 1. The van der Waals surface area contributed by atoms with Gasteiger partial charge in [-0.3, -0.25) is 0 Å². The maximum absolute atomic E-state index is 5.80. The molecule has 0 aliphatic carbocycles. The summed E-state index contributed by atoms with van der Waals surface area (Å²) >= 11 is 0. The zero-order valence-electron chi connectivity index (χ0n) is 10.3. The van der Waals surface area contributed by atoms with Gasteiger partial charge in [-0.05, 0) is 33.8 Å². The number of aromatic nitrogens is 1. The van der Waals surface area contributed by atoms with Crippen molar-refractivity contribution >= 4 is 18.4 Å². The molecule has 0 radical (unpaired) electrons. The van der Waals surface area contributed by atoms with E-state index in [1.807, 2.05) is 39.8 Å². The van der Waals surface area contributed by atoms with E-state index in [1.54, 1.807) is 6.20 Å². The molecule has 88 valence electrons. The summed E-state index contributed by atoms with van der Waals surface area (Å²) in [4.78, 5) is 4.03. The van der Waals surface area contributed by atoms with Crippen LogP contribution in [0.25, 0.3) is 0 Å². The fourth-order valence-electron chi connectivity index (χ4n) is 1.30. The van der Waals surface area contributed by atoms with Crippen LogP contribution in [0, 0.1) is 0 Å². The van der Waals surface area contributed by atoms with E-state index in [1.165, 1.54) is 0 Å². The largest absolute Gasteiger partial charge is 0.498 e. The maximum atomic E-state index is 5.80. The molecule has 0 atom stereocenters. The van der Waals surface area contributed by atoms with Crippen molar-refractivity contribution in [2.45, 2.75) is 39.9 Å². The number of hydrogen-bond acceptors (Lipinski definition) is 4. The molecule has 1 rings (SSSR count). The van der Waals surface area contributed by atoms with Gasteiger partial charge in [-0.25, -0.2) is 4.98 Å². The first-order chi connectivity index (χ1) is 7.50. The predicted molar refractivity (Wildman–Crippen MR) is 66.5 cm³/mol. The van der Waals surface area contributed by atoms with Crippen LogP contribution < -0.4 is 11.2 Å². The molecule has 0 aromatic carbocycles. The van der Waals surface area contributed by atoms with Gasteiger partial charge in [-0.2, -0.15) is 0 Å². The molecule has 0 aliphatic rings. The molecule has 0 saturated heterocycles. The van der Waals surface area contributed by atoms with Gasteiger partial charge in [0, 0.05) is 23.9 Å². The van der Waals surface area contributed by atoms with Gasteiger partial charge in [-0.15, -0.1) is 0 Å². The Morgan fingerprint density at radius 1 is 1.19 bits per heavy atom. The monoisotopic (exact) mass is 222 g/mol. The summed E-state index contributed by atoms with van der Waals surface area (Å²) in [5.41, 5.74) is 6.58. The van der Waals surface area contributed by atoms with Crippen LogP contribution in [0.3, 0.4) is 0 Å². The lowest BCUT2D eigenvalue weighted by Gasteiger charge is -2.20. The summed E-state index contributed by atoms with van der Waals surface area (Å²) in [5.74, 6) is 0.453. The van der Waals surface area contributed by atoms with E-state index in [4.69, 9.17) is 15.0 Å². The number of nitrogens with zero attached hydrogens (tertiary/aromatic N) is 1. The summed E-state index contributed by atoms with van der Waals surface area (Å²) in [6.45, 7) is 7.85. The summed E-state index contributed by atoms with van der Waals surface area (Å²) in [5, 5.41) is 0. The van der Waals surface area contributed by atoms with Crippen molar-refractivity contribution in [3.8, 4) is 0 Å². The Morgan fingerprint density at radius 3 is 2.19 bits per heavy atom. The Bertz CT molecular complexity index is 322. The van der Waals surface area contributed by atoms with Gasteiger partial charge in [0.1, 0.15) is 5.82 Å². The average molecular weight is 222 g/mol. The first-order valence-electron chi connectivity index (χ1n) is 5.52. The van der Waals surface area contributed by atoms with E-state index >= 15 is 0 Å². The topological polar surface area (TPSA) is 57.4 Å². The summed E-state index contributed by atoms with van der Waals surface area (Å²) < 4.78 is 11.4. The number of anilines is 1. The number of nitrogen functional groups attached to an aromatic ring is 1. The highest BCUT2D eigenvalue weighted by Gasteiger charge is 2.26. The average Bonchev–Trinajstić information content (AvgIpc) is 2.15. The van der Waals surface area contributed by atoms with Crippen molar-refractivity contribution in [3.63, 3.8) is 0 Å². The zero-order chi connectivity index (χ0) is 12.1. The molecule has 0 amide bonds. The lowest BCUT2D eigenvalue weighted by molar-refractivity contribution is 0.139. The molecule has 0 unspecified atom stereocenters. The molecule has 0 spiro atoms. The molecule has 1 aromatic rings. The number of hydrogen-bond donors (Lipinski definition) is 1. The molecule has 5 heteroatoms. The Hall–Kier alpha value is -1.07. The van der Waals surface area contributed by atoms with Crippen molar-refractivity contribution in [3.05, 3.63) is 18.3 Å². The second kappa shape index (κ2) is 5.87. The van der Waals surface area contributed by atoms with Crippen molar-refractivity contribution in [1.29, 1.82) is 0 Å². The molecule has 1 aromatic heterocycles. The van der Waals surface area contributed by atoms with E-state index < -0.39 is 7.12 Å². The molecule has 0 bridgehead atoms. The van der Waals surface area contributed by atoms with Gasteiger partial charge < -0.3 is 15.0 Å². The van der Waals surface area contributed by atoms with E-state index in [2.05, 4.69) is 4.98 Å². The van der Waals surface area contributed by atoms with Crippen LogP contribution in [0.4, 0.5) is 5.82 Å². The van der Waals surface area contributed by atoms with Crippen molar-refractivity contribution in [1.82, 2.24) is 4.98 Å². The minimum Gasteiger partial charge on any atom is -0.405 e. The second-order valence-electron chi connectivity index (χ2n) is 4.18. The second-order valence-corrected chi connectivity index (χ2v) is 4.18. The highest BCUT2D eigenvalue weighted by molar-refractivity contribution is 6.63. The normalized spacial score (nSPS) is 11.1. The van der Waals surface area contributed by atoms with Gasteiger partial charge >= 0.3 is 7.12 Å². The van der Waals surface area contributed by atoms with Crippen LogP contribution in [0.2, 0.25) is 0 Å². The van der Waals surface area contributed by atoms with Crippen LogP contribution >= 0.6 is 0 Å². The van der Waals surface area contributed by atoms with Gasteiger partial charge in [0.2, 0.25) is 0 Å². The predicted octanol–water partition coefficient (Wildman–Crippen LogP) is 1.21. The summed E-state index contributed by atoms with van der Waals surface area (Å²) in [6.07, 6.45) is 1.80. The molecule has 16 heavy (non-hydrogen) atoms. The molecule has 0 saturated carbocycles. The fraction of sp³-hybridized carbons (Fsp3) is 0.545. The summed E-state index contributed by atoms with van der Waals surface area (Å²) in [6, 6.07) is 3.70. The van der Waals surface area contributed by atoms with Gasteiger partial charge in [-0.1, -0.05) is 6.07 Å². The standard InChI is InChI=1S/C11H19BN2O2/c1-8(2)15-12(16-9(3)4)10-6-5-7-14-11(10)13/h5-9H,1-4H3,(H2,13,14). The third-order valence-electron chi connectivity index (χ3n) is 1.92. The Kier molecular flexibility index (Phi) is 4.77. The minimum atomic E-state index is -0.450. The lowest BCUT2D eigenvalue weighted by atomic mass is 9.78. The third-order valence-corrected chi connectivity index (χ3v) is 1.92. The van der Waals surface area contributed by atoms with E-state index in [-0.39, 0.29) is 12.2 Å². The lowest BCUT2D eigenvalue weighted by Crippen LogP contribution is -2.42. The SMILES string of the molecule is CC(C)OB(OC(C)C)c1cccnc1N. The van der Waals surface area contributed by atoms with Crippen molar-refractivity contribution in [2.75, 3.05) is 5.73 Å². The Morgan fingerprint density at radius 2 is 1.75 bits per heavy atom. The summed E-state index contributed by atoms with van der Waals surface area (Å²) in [7, 11) is -0.450. The molecule has 4 nitrogen and oxygen atoms in total. The van der Waals surface area contributed by atoms with Crippen LogP contribution in [-0.4, -0.2) is 24.3 Å². The van der Waals surface area contributed by atoms with E-state index in [9.17, 15) is 0 Å². The molecular weight excluding hydrogens is 203 g/mol. The number of nitrogens with two attached hydrogens (primary N) is 1. The van der Waals surface area contributed by atoms with E-state index in [0.717, 1.165) is 5.46 Å². The van der Waals surface area contributed by atoms with Crippen molar-refractivity contribution < 1.29 is 9.31 Å². The number of rotatable bonds is 5. The van der Waals surface area contributed by atoms with Crippen LogP contribution in [-0.2, 0) is 9.31 Å². The quantitative estimate of drug-likeness (QED) is 0.760. The highest BCUT2D eigenvalue weighted by atomic mass is 16.6. The van der Waals surface area contributed by atoms with Crippen LogP contribution in [0.5, 0.6) is 0 Å². The first kappa shape index (κ1) is 13.0. The smallest absolute Gasteiger partial charge is 0.405 e. The zero-order valence-corrected chi connectivity index (χ0v) is 10.3. The molecular formula is C11H19BN2O2. The molecule has 0 aliphatic heterocycles. The molecule has 2 N–H and O–H groups in total. The van der Waals surface area contributed by atoms with Gasteiger partial charge in [0.25, 0.3) is 0 Å². The van der Waals surface area contributed by atoms with Gasteiger partial charge in [0.05, 0.1) is 0 Å². The molecule has 1 heterocycles. The highest BCUT2D eigenvalue weighted by Crippen LogP contribution is 2.04. The Labute approximate surface area is 97.3 Å². The maximum Gasteiger partial charge on any atom is 0.498 e. The van der Waals surface area contributed by atoms with Gasteiger partial charge in [0.15, 0.2) is 0 Å². The van der Waals surface area contributed by atoms with Crippen LogP contribution in [0.1, 0.15) is 27.7 Å². The fourth-order valence-corrected chi connectivity index (χ4v) is 1.30. The first-order valence-corrected chi connectivity index (χ1v) is 5.52. The minimum absolute atomic E-state index is 0.0726.